The quantitative estimate of drug-likeness (QED) is 0.864. The molecule has 0 amide bonds. The second kappa shape index (κ2) is 4.33. The fourth-order valence-corrected chi connectivity index (χ4v) is 4.74. The number of piperidine rings is 2. The van der Waals surface area contributed by atoms with Crippen molar-refractivity contribution in [1.82, 2.24) is 15.1 Å². The summed E-state index contributed by atoms with van der Waals surface area (Å²) in [7, 11) is 2.08. The summed E-state index contributed by atoms with van der Waals surface area (Å²) in [6.07, 6.45) is 1.84. The van der Waals surface area contributed by atoms with Crippen molar-refractivity contribution < 1.29 is 4.42 Å². The number of nitrogens with one attached hydrogen (secondary N) is 1. The molecule has 3 unspecified atom stereocenters. The van der Waals surface area contributed by atoms with Gasteiger partial charge in [-0.15, -0.1) is 0 Å². The fourth-order valence-electron chi connectivity index (χ4n) is 4.74. The molecule has 1 aromatic rings. The second-order valence-corrected chi connectivity index (χ2v) is 6.53. The molecule has 0 radical (unpaired) electrons. The second-order valence-electron chi connectivity index (χ2n) is 6.53. The lowest BCUT2D eigenvalue weighted by Gasteiger charge is -2.54. The van der Waals surface area contributed by atoms with Crippen molar-refractivity contribution in [2.24, 2.45) is 11.8 Å². The van der Waals surface area contributed by atoms with Crippen molar-refractivity contribution in [1.29, 1.82) is 0 Å². The minimum Gasteiger partial charge on any atom is -0.469 e. The SMILES string of the molecule is CNCC1C2CN3CCN(C2)CC1(c1ccco1)C3. The first-order valence-corrected chi connectivity index (χ1v) is 7.45. The Labute approximate surface area is 114 Å². The summed E-state index contributed by atoms with van der Waals surface area (Å²) in [5.74, 6) is 2.69. The summed E-state index contributed by atoms with van der Waals surface area (Å²) < 4.78 is 5.87. The van der Waals surface area contributed by atoms with Crippen LogP contribution in [-0.4, -0.2) is 62.7 Å². The highest BCUT2D eigenvalue weighted by molar-refractivity contribution is 5.24. The van der Waals surface area contributed by atoms with Gasteiger partial charge in [-0.2, -0.15) is 0 Å². The molecule has 3 atom stereocenters. The lowest BCUT2D eigenvalue weighted by atomic mass is 9.62. The van der Waals surface area contributed by atoms with Gasteiger partial charge in [-0.3, -0.25) is 0 Å². The highest BCUT2D eigenvalue weighted by atomic mass is 16.3. The van der Waals surface area contributed by atoms with Gasteiger partial charge in [0, 0.05) is 39.3 Å². The van der Waals surface area contributed by atoms with Gasteiger partial charge in [-0.1, -0.05) is 0 Å². The minimum absolute atomic E-state index is 0.199. The number of hydrogen-bond donors (Lipinski definition) is 1. The summed E-state index contributed by atoms with van der Waals surface area (Å²) in [6.45, 7) is 8.43. The molecule has 4 aliphatic rings. The highest BCUT2D eigenvalue weighted by Crippen LogP contribution is 2.47. The van der Waals surface area contributed by atoms with E-state index in [0.29, 0.717) is 5.92 Å². The van der Waals surface area contributed by atoms with Gasteiger partial charge < -0.3 is 19.5 Å². The molecule has 0 aliphatic carbocycles. The third kappa shape index (κ3) is 1.70. The standard InChI is InChI=1S/C15H23N3O/c1-16-7-13-12-8-17-4-5-18(9-12)11-15(13,10-17)14-3-2-6-19-14/h2-3,6,12-13,16H,4-5,7-11H2,1H3. The average Bonchev–Trinajstić information content (AvgIpc) is 2.82. The van der Waals surface area contributed by atoms with Crippen LogP contribution in [0.3, 0.4) is 0 Å². The van der Waals surface area contributed by atoms with Crippen LogP contribution in [0, 0.1) is 11.8 Å². The van der Waals surface area contributed by atoms with Crippen LogP contribution in [0.2, 0.25) is 0 Å². The molecule has 4 saturated heterocycles. The molecule has 4 nitrogen and oxygen atoms in total. The zero-order valence-corrected chi connectivity index (χ0v) is 11.6. The van der Waals surface area contributed by atoms with E-state index in [1.54, 1.807) is 0 Å². The molecule has 19 heavy (non-hydrogen) atoms. The molecule has 0 saturated carbocycles. The van der Waals surface area contributed by atoms with Gasteiger partial charge in [0.15, 0.2) is 0 Å². The van der Waals surface area contributed by atoms with E-state index in [1.165, 1.54) is 45.0 Å². The van der Waals surface area contributed by atoms with Crippen LogP contribution in [0.1, 0.15) is 5.76 Å². The van der Waals surface area contributed by atoms with E-state index in [-0.39, 0.29) is 5.41 Å². The van der Waals surface area contributed by atoms with Crippen LogP contribution < -0.4 is 5.32 Å². The molecule has 4 fully saturated rings. The number of hydrogen-bond acceptors (Lipinski definition) is 4. The fraction of sp³-hybridized carbons (Fsp3) is 0.733. The van der Waals surface area contributed by atoms with Crippen LogP contribution in [0.4, 0.5) is 0 Å². The molecular formula is C15H23N3O. The van der Waals surface area contributed by atoms with Gasteiger partial charge in [-0.25, -0.2) is 0 Å². The van der Waals surface area contributed by atoms with E-state index in [2.05, 4.69) is 28.2 Å². The molecule has 4 bridgehead atoms. The topological polar surface area (TPSA) is 31.6 Å². The highest BCUT2D eigenvalue weighted by Gasteiger charge is 2.55. The molecule has 1 N–H and O–H groups in total. The Morgan fingerprint density at radius 1 is 1.32 bits per heavy atom. The molecule has 0 aromatic carbocycles. The van der Waals surface area contributed by atoms with E-state index in [0.717, 1.165) is 12.5 Å². The van der Waals surface area contributed by atoms with Crippen molar-refractivity contribution in [2.75, 3.05) is 52.9 Å². The van der Waals surface area contributed by atoms with E-state index in [4.69, 9.17) is 4.42 Å². The third-order valence-electron chi connectivity index (χ3n) is 5.44. The largest absolute Gasteiger partial charge is 0.469 e. The van der Waals surface area contributed by atoms with Gasteiger partial charge in [0.1, 0.15) is 5.76 Å². The Balaban J connectivity index is 1.79. The Hall–Kier alpha value is -0.840. The normalized spacial score (nSPS) is 44.5. The molecule has 5 rings (SSSR count). The monoisotopic (exact) mass is 261 g/mol. The predicted octanol–water partition coefficient (Wildman–Crippen LogP) is 0.614. The van der Waals surface area contributed by atoms with Crippen LogP contribution in [0.25, 0.3) is 0 Å². The van der Waals surface area contributed by atoms with Crippen molar-refractivity contribution >= 4 is 0 Å². The first-order chi connectivity index (χ1) is 9.32. The molecular weight excluding hydrogens is 238 g/mol. The van der Waals surface area contributed by atoms with Gasteiger partial charge in [0.25, 0.3) is 0 Å². The van der Waals surface area contributed by atoms with Gasteiger partial charge in [0.2, 0.25) is 0 Å². The smallest absolute Gasteiger partial charge is 0.112 e. The predicted molar refractivity (Wildman–Crippen MR) is 74.2 cm³/mol. The van der Waals surface area contributed by atoms with E-state index < -0.39 is 0 Å². The zero-order chi connectivity index (χ0) is 12.9. The third-order valence-corrected chi connectivity index (χ3v) is 5.44. The maximum absolute atomic E-state index is 5.87. The van der Waals surface area contributed by atoms with Crippen molar-refractivity contribution in [2.45, 2.75) is 5.41 Å². The number of furan rings is 1. The van der Waals surface area contributed by atoms with Crippen LogP contribution in [-0.2, 0) is 5.41 Å². The Kier molecular flexibility index (Phi) is 2.72. The molecule has 104 valence electrons. The summed E-state index contributed by atoms with van der Waals surface area (Å²) in [5.41, 5.74) is 0.199. The Morgan fingerprint density at radius 2 is 2.05 bits per heavy atom. The number of rotatable bonds is 3. The lowest BCUT2D eigenvalue weighted by Crippen LogP contribution is -2.64. The molecule has 5 heterocycles. The van der Waals surface area contributed by atoms with Crippen molar-refractivity contribution in [3.8, 4) is 0 Å². The van der Waals surface area contributed by atoms with Gasteiger partial charge in [-0.05, 0) is 37.6 Å². The number of fused-ring (bicyclic) bond motifs is 1. The number of nitrogens with zero attached hydrogens (tertiary/aromatic N) is 2. The summed E-state index contributed by atoms with van der Waals surface area (Å²) in [5, 5.41) is 3.42. The molecule has 1 aromatic heterocycles. The molecule has 4 heteroatoms. The summed E-state index contributed by atoms with van der Waals surface area (Å²) in [6, 6.07) is 4.24. The maximum atomic E-state index is 5.87. The summed E-state index contributed by atoms with van der Waals surface area (Å²) >= 11 is 0. The van der Waals surface area contributed by atoms with Crippen LogP contribution in [0.5, 0.6) is 0 Å². The first-order valence-electron chi connectivity index (χ1n) is 7.45. The Morgan fingerprint density at radius 3 is 2.63 bits per heavy atom. The molecule has 4 aliphatic heterocycles. The zero-order valence-electron chi connectivity index (χ0n) is 11.6. The van der Waals surface area contributed by atoms with Gasteiger partial charge in [0.05, 0.1) is 11.7 Å². The van der Waals surface area contributed by atoms with Crippen molar-refractivity contribution in [3.05, 3.63) is 24.2 Å². The lowest BCUT2D eigenvalue weighted by molar-refractivity contribution is -0.0164. The minimum atomic E-state index is 0.199. The first kappa shape index (κ1) is 11.9. The van der Waals surface area contributed by atoms with Gasteiger partial charge >= 0.3 is 0 Å². The Bertz CT molecular complexity index is 428. The van der Waals surface area contributed by atoms with E-state index in [9.17, 15) is 0 Å². The molecule has 0 spiro atoms. The van der Waals surface area contributed by atoms with E-state index >= 15 is 0 Å². The summed E-state index contributed by atoms with van der Waals surface area (Å²) in [4.78, 5) is 5.32. The van der Waals surface area contributed by atoms with Crippen molar-refractivity contribution in [3.63, 3.8) is 0 Å². The average molecular weight is 261 g/mol. The van der Waals surface area contributed by atoms with Crippen LogP contribution >= 0.6 is 0 Å². The van der Waals surface area contributed by atoms with E-state index in [1.807, 2.05) is 12.3 Å². The maximum Gasteiger partial charge on any atom is 0.112 e. The van der Waals surface area contributed by atoms with Crippen LogP contribution in [0.15, 0.2) is 22.8 Å².